The molecule has 3 nitrogen and oxygen atoms in total. The van der Waals surface area contributed by atoms with Gasteiger partial charge < -0.3 is 4.42 Å². The average Bonchev–Trinajstić information content (AvgIpc) is 3.25. The van der Waals surface area contributed by atoms with E-state index < -0.39 is 0 Å². The van der Waals surface area contributed by atoms with E-state index in [1.165, 1.54) is 6.08 Å². The Labute approximate surface area is 197 Å². The zero-order valence-electron chi connectivity index (χ0n) is 16.1. The van der Waals surface area contributed by atoms with Crippen LogP contribution in [0.2, 0.25) is 5.02 Å². The lowest BCUT2D eigenvalue weighted by atomic mass is 10.2. The molecule has 0 saturated carbocycles. The fraction of sp³-hybridized carbons (Fsp3) is 0. The number of anilines is 2. The minimum Gasteiger partial charge on any atom is -0.457 e. The normalized spacial score (nSPS) is 12.6. The lowest BCUT2D eigenvalue weighted by molar-refractivity contribution is -0.113. The molecule has 1 aliphatic heterocycles. The Hall–Kier alpha value is -2.73. The third-order valence-corrected chi connectivity index (χ3v) is 6.69. The van der Waals surface area contributed by atoms with E-state index in [0.717, 1.165) is 37.0 Å². The lowest BCUT2D eigenvalue weighted by Gasteiger charge is -2.30. The van der Waals surface area contributed by atoms with Crippen LogP contribution < -0.4 is 4.90 Å². The van der Waals surface area contributed by atoms with Gasteiger partial charge in [-0.2, -0.15) is 0 Å². The van der Waals surface area contributed by atoms with Gasteiger partial charge in [0, 0.05) is 30.9 Å². The number of halogens is 2. The SMILES string of the molecule is O=C(/C=C/c1ccc(-c2cccc(Br)c2)o1)N1c2ccccc2Sc2ccc(Cl)cc21. The van der Waals surface area contributed by atoms with Crippen molar-refractivity contribution in [3.63, 3.8) is 0 Å². The molecule has 0 aliphatic carbocycles. The second kappa shape index (κ2) is 8.42. The van der Waals surface area contributed by atoms with E-state index in [0.29, 0.717) is 10.8 Å². The van der Waals surface area contributed by atoms with Crippen molar-refractivity contribution >= 4 is 62.7 Å². The molecular weight excluding hydrogens is 494 g/mol. The fourth-order valence-corrected chi connectivity index (χ4v) is 5.04. The Bertz CT molecular complexity index is 1330. The van der Waals surface area contributed by atoms with E-state index >= 15 is 0 Å². The van der Waals surface area contributed by atoms with Gasteiger partial charge in [-0.25, -0.2) is 0 Å². The number of furan rings is 1. The molecule has 152 valence electrons. The van der Waals surface area contributed by atoms with Crippen LogP contribution in [-0.2, 0) is 4.79 Å². The smallest absolute Gasteiger partial charge is 0.255 e. The largest absolute Gasteiger partial charge is 0.457 e. The molecule has 0 unspecified atom stereocenters. The van der Waals surface area contributed by atoms with Crippen molar-refractivity contribution in [3.8, 4) is 11.3 Å². The molecule has 1 aliphatic rings. The molecule has 2 heterocycles. The molecular formula is C25H15BrClNO2S. The van der Waals surface area contributed by atoms with Gasteiger partial charge in [-0.05, 0) is 60.7 Å². The molecule has 1 aromatic heterocycles. The quantitative estimate of drug-likeness (QED) is 0.261. The summed E-state index contributed by atoms with van der Waals surface area (Å²) in [6, 6.07) is 25.1. The van der Waals surface area contributed by atoms with Crippen molar-refractivity contribution in [1.29, 1.82) is 0 Å². The summed E-state index contributed by atoms with van der Waals surface area (Å²) in [4.78, 5) is 17.0. The number of benzene rings is 3. The second-order valence-corrected chi connectivity index (χ2v) is 9.34. The number of hydrogen-bond donors (Lipinski definition) is 0. The highest BCUT2D eigenvalue weighted by molar-refractivity contribution is 9.10. The van der Waals surface area contributed by atoms with Gasteiger partial charge in [-0.3, -0.25) is 9.69 Å². The van der Waals surface area contributed by atoms with Gasteiger partial charge in [0.05, 0.1) is 11.4 Å². The van der Waals surface area contributed by atoms with Crippen LogP contribution in [0.5, 0.6) is 0 Å². The van der Waals surface area contributed by atoms with Gasteiger partial charge >= 0.3 is 0 Å². The first-order valence-electron chi connectivity index (χ1n) is 9.53. The van der Waals surface area contributed by atoms with Crippen molar-refractivity contribution < 1.29 is 9.21 Å². The van der Waals surface area contributed by atoms with E-state index in [2.05, 4.69) is 15.9 Å². The number of fused-ring (bicyclic) bond motifs is 2. The first-order valence-corrected chi connectivity index (χ1v) is 11.5. The highest BCUT2D eigenvalue weighted by atomic mass is 79.9. The molecule has 0 spiro atoms. The number of carbonyl (C=O) groups excluding carboxylic acids is 1. The summed E-state index contributed by atoms with van der Waals surface area (Å²) in [5.74, 6) is 1.18. The van der Waals surface area contributed by atoms with Crippen LogP contribution in [0, 0.1) is 0 Å². The summed E-state index contributed by atoms with van der Waals surface area (Å²) in [6.07, 6.45) is 3.22. The van der Waals surface area contributed by atoms with Gasteiger partial charge in [0.2, 0.25) is 0 Å². The van der Waals surface area contributed by atoms with Gasteiger partial charge in [0.1, 0.15) is 11.5 Å². The molecule has 1 amide bonds. The Morgan fingerprint density at radius 3 is 2.65 bits per heavy atom. The Kier molecular flexibility index (Phi) is 5.48. The highest BCUT2D eigenvalue weighted by Gasteiger charge is 2.27. The first kappa shape index (κ1) is 20.2. The van der Waals surface area contributed by atoms with Gasteiger partial charge in [-0.15, -0.1) is 0 Å². The van der Waals surface area contributed by atoms with Crippen LogP contribution in [0.1, 0.15) is 5.76 Å². The maximum absolute atomic E-state index is 13.3. The monoisotopic (exact) mass is 507 g/mol. The van der Waals surface area contributed by atoms with Crippen molar-refractivity contribution in [2.24, 2.45) is 0 Å². The molecule has 5 rings (SSSR count). The van der Waals surface area contributed by atoms with E-state index in [-0.39, 0.29) is 5.91 Å². The molecule has 0 N–H and O–H groups in total. The summed E-state index contributed by atoms with van der Waals surface area (Å²) >= 11 is 11.3. The van der Waals surface area contributed by atoms with E-state index in [1.807, 2.05) is 78.9 Å². The molecule has 0 fully saturated rings. The zero-order chi connectivity index (χ0) is 21.4. The predicted molar refractivity (Wildman–Crippen MR) is 130 cm³/mol. The Balaban J connectivity index is 1.46. The highest BCUT2D eigenvalue weighted by Crippen LogP contribution is 2.48. The molecule has 0 atom stereocenters. The van der Waals surface area contributed by atoms with Crippen molar-refractivity contribution in [2.45, 2.75) is 9.79 Å². The van der Waals surface area contributed by atoms with Crippen LogP contribution in [-0.4, -0.2) is 5.91 Å². The molecule has 3 aromatic carbocycles. The van der Waals surface area contributed by atoms with E-state index in [9.17, 15) is 4.79 Å². The number of hydrogen-bond acceptors (Lipinski definition) is 3. The minimum atomic E-state index is -0.170. The van der Waals surface area contributed by atoms with Crippen LogP contribution in [0.15, 0.2) is 104 Å². The van der Waals surface area contributed by atoms with Crippen LogP contribution >= 0.6 is 39.3 Å². The van der Waals surface area contributed by atoms with Gasteiger partial charge in [0.15, 0.2) is 0 Å². The molecule has 6 heteroatoms. The molecule has 0 radical (unpaired) electrons. The van der Waals surface area contributed by atoms with Gasteiger partial charge in [0.25, 0.3) is 5.91 Å². The molecule has 4 aromatic rings. The minimum absolute atomic E-state index is 0.170. The summed E-state index contributed by atoms with van der Waals surface area (Å²) < 4.78 is 6.90. The predicted octanol–water partition coefficient (Wildman–Crippen LogP) is 8.21. The Morgan fingerprint density at radius 1 is 0.935 bits per heavy atom. The maximum Gasteiger partial charge on any atom is 0.255 e. The molecule has 0 saturated heterocycles. The molecule has 0 bridgehead atoms. The second-order valence-electron chi connectivity index (χ2n) is 6.90. The van der Waals surface area contributed by atoms with Gasteiger partial charge in [-0.1, -0.05) is 63.6 Å². The van der Waals surface area contributed by atoms with Crippen molar-refractivity contribution in [2.75, 3.05) is 4.90 Å². The maximum atomic E-state index is 13.3. The number of nitrogens with zero attached hydrogens (tertiary/aromatic N) is 1. The number of amides is 1. The third kappa shape index (κ3) is 4.09. The standard InChI is InChI=1S/C25H15BrClNO2S/c26-17-5-3-4-16(14-17)22-11-9-19(30-22)10-13-25(29)28-20-6-1-2-7-23(20)31-24-12-8-18(27)15-21(24)28/h1-15H/b13-10+. The fourth-order valence-electron chi connectivity index (χ4n) is 3.43. The first-order chi connectivity index (χ1) is 15.1. The summed E-state index contributed by atoms with van der Waals surface area (Å²) in [6.45, 7) is 0. The van der Waals surface area contributed by atoms with E-state index in [4.69, 9.17) is 16.0 Å². The lowest BCUT2D eigenvalue weighted by Crippen LogP contribution is -2.26. The number of carbonyl (C=O) groups is 1. The summed E-state index contributed by atoms with van der Waals surface area (Å²) in [5, 5.41) is 0.588. The van der Waals surface area contributed by atoms with E-state index in [1.54, 1.807) is 22.7 Å². The third-order valence-electron chi connectivity index (χ3n) is 4.83. The topological polar surface area (TPSA) is 33.5 Å². The summed E-state index contributed by atoms with van der Waals surface area (Å²) in [7, 11) is 0. The number of rotatable bonds is 3. The van der Waals surface area contributed by atoms with Crippen LogP contribution in [0.3, 0.4) is 0 Å². The van der Waals surface area contributed by atoms with Crippen LogP contribution in [0.25, 0.3) is 17.4 Å². The average molecular weight is 509 g/mol. The van der Waals surface area contributed by atoms with Crippen LogP contribution in [0.4, 0.5) is 11.4 Å². The summed E-state index contributed by atoms with van der Waals surface area (Å²) in [5.41, 5.74) is 2.58. The zero-order valence-corrected chi connectivity index (χ0v) is 19.2. The van der Waals surface area contributed by atoms with Crippen molar-refractivity contribution in [1.82, 2.24) is 0 Å². The molecule has 31 heavy (non-hydrogen) atoms. The Morgan fingerprint density at radius 2 is 1.77 bits per heavy atom. The van der Waals surface area contributed by atoms with Crippen molar-refractivity contribution in [3.05, 3.63) is 100 Å². The number of para-hydroxylation sites is 1.